The fourth-order valence-corrected chi connectivity index (χ4v) is 7.96. The molecule has 2 heterocycles. The van der Waals surface area contributed by atoms with E-state index in [1.807, 2.05) is 6.92 Å². The molecule has 0 fully saturated rings. The van der Waals surface area contributed by atoms with Gasteiger partial charge >= 0.3 is 12.1 Å². The molecule has 0 saturated carbocycles. The number of phenolic OH excluding ortho intramolecular Hbond substituents is 2. The van der Waals surface area contributed by atoms with Crippen LogP contribution in [0.3, 0.4) is 0 Å². The van der Waals surface area contributed by atoms with Gasteiger partial charge in [-0.1, -0.05) is 6.07 Å². The highest BCUT2D eigenvalue weighted by molar-refractivity contribution is 7.80. The first-order chi connectivity index (χ1) is 38.7. The van der Waals surface area contributed by atoms with E-state index in [9.17, 15) is 24.6 Å². The van der Waals surface area contributed by atoms with Crippen molar-refractivity contribution in [2.24, 2.45) is 0 Å². The zero-order chi connectivity index (χ0) is 55.8. The highest BCUT2D eigenvalue weighted by atomic mass is 32.1. The lowest BCUT2D eigenvalue weighted by molar-refractivity contribution is -0.0262. The number of esters is 1. The third-order valence-electron chi connectivity index (χ3n) is 11.4. The van der Waals surface area contributed by atoms with Crippen LogP contribution in [0.25, 0.3) is 0 Å². The van der Waals surface area contributed by atoms with Gasteiger partial charge in [-0.05, 0) is 79.8 Å². The Morgan fingerprint density at radius 1 is 0.519 bits per heavy atom. The molecule has 24 heteroatoms. The van der Waals surface area contributed by atoms with Gasteiger partial charge in [0.2, 0.25) is 0 Å². The molecular formula is C55H71N3O20S. The highest BCUT2D eigenvalue weighted by Gasteiger charge is 2.53. The Bertz CT molecular complexity index is 2430. The van der Waals surface area contributed by atoms with Crippen LogP contribution in [0, 0.1) is 0 Å². The molecule has 0 bridgehead atoms. The third-order valence-corrected chi connectivity index (χ3v) is 11.7. The number of amides is 1. The highest BCUT2D eigenvalue weighted by Crippen LogP contribution is 2.57. The van der Waals surface area contributed by atoms with Crippen LogP contribution in [0.15, 0.2) is 78.9 Å². The van der Waals surface area contributed by atoms with Gasteiger partial charge in [-0.2, -0.15) is 0 Å². The molecule has 4 aromatic carbocycles. The average molecular weight is 1130 g/mol. The fraction of sp³-hybridized carbons (Fsp3) is 0.491. The number of nitrogens with one attached hydrogen (secondary N) is 3. The minimum atomic E-state index is -1.38. The molecule has 1 amide bonds. The van der Waals surface area contributed by atoms with Crippen LogP contribution in [-0.4, -0.2) is 198 Å². The van der Waals surface area contributed by atoms with E-state index in [4.69, 9.17) is 83.3 Å². The summed E-state index contributed by atoms with van der Waals surface area (Å²) in [5.41, 5.74) is 1.41. The van der Waals surface area contributed by atoms with Crippen molar-refractivity contribution in [2.45, 2.75) is 12.5 Å². The zero-order valence-corrected chi connectivity index (χ0v) is 45.2. The lowest BCUT2D eigenvalue weighted by atomic mass is 9.77. The van der Waals surface area contributed by atoms with Crippen molar-refractivity contribution >= 4 is 41.0 Å². The van der Waals surface area contributed by atoms with Crippen LogP contribution >= 0.6 is 12.2 Å². The summed E-state index contributed by atoms with van der Waals surface area (Å²) in [7, 11) is 0. The number of benzene rings is 4. The van der Waals surface area contributed by atoms with E-state index in [2.05, 4.69) is 16.0 Å². The number of aromatic hydroxyl groups is 2. The second kappa shape index (κ2) is 35.4. The summed E-state index contributed by atoms with van der Waals surface area (Å²) < 4.78 is 82.4. The lowest BCUT2D eigenvalue weighted by Gasteiger charge is -2.36. The lowest BCUT2D eigenvalue weighted by Crippen LogP contribution is -2.33. The molecule has 2 aliphatic heterocycles. The largest absolute Gasteiger partial charge is 0.513 e. The smallest absolute Gasteiger partial charge is 0.508 e. The van der Waals surface area contributed by atoms with E-state index in [0.29, 0.717) is 172 Å². The predicted molar refractivity (Wildman–Crippen MR) is 288 cm³/mol. The normalized spacial score (nSPS) is 12.7. The minimum absolute atomic E-state index is 0.0365. The topological polar surface area (TPSA) is 266 Å². The Morgan fingerprint density at radius 2 is 0.949 bits per heavy atom. The maximum Gasteiger partial charge on any atom is 0.513 e. The first kappa shape index (κ1) is 61.9. The molecule has 432 valence electrons. The van der Waals surface area contributed by atoms with Crippen molar-refractivity contribution in [3.05, 3.63) is 107 Å². The van der Waals surface area contributed by atoms with Gasteiger partial charge in [0.15, 0.2) is 10.7 Å². The Hall–Kier alpha value is -6.26. The number of phenols is 2. The fourth-order valence-electron chi connectivity index (χ4n) is 7.74. The van der Waals surface area contributed by atoms with Crippen molar-refractivity contribution in [1.29, 1.82) is 0 Å². The summed E-state index contributed by atoms with van der Waals surface area (Å²) in [4.78, 5) is 38.2. The van der Waals surface area contributed by atoms with Crippen LogP contribution in [0.1, 0.15) is 44.3 Å². The van der Waals surface area contributed by atoms with Gasteiger partial charge in [0, 0.05) is 59.8 Å². The monoisotopic (exact) mass is 1130 g/mol. The number of anilines is 1. The summed E-state index contributed by atoms with van der Waals surface area (Å²) >= 11 is 5.45. The van der Waals surface area contributed by atoms with Crippen molar-refractivity contribution in [2.75, 3.05) is 170 Å². The SMILES string of the molecule is CCOCCOCCOCCOCCOCCOCCOCCOCCOCCOCCNC(=O)c1ccc(OC(=O)OCCOCCNC(=S)Nc2ccc3c(c2)C(=O)OC32c3ccc(O)cc3Oc3cc(O)ccc32)cc1. The van der Waals surface area contributed by atoms with E-state index >= 15 is 0 Å². The van der Waals surface area contributed by atoms with E-state index in [1.54, 1.807) is 30.3 Å². The standard InChI is InChI=1S/C55H71N3O20S/c1-2-64-17-18-67-21-22-69-25-26-71-29-30-73-33-34-74-32-31-72-28-27-70-24-23-68-20-19-65-15-13-56-51(61)40-3-8-44(9-4-40)76-54(63)75-36-35-66-16-14-57-53(79)58-41-5-10-46-45(37-41)52(62)78-55(46)47-11-6-42(59)38-49(47)77-50-39-43(60)7-12-48(50)55/h3-12,37-39,59-60H,2,13-36H2,1H3,(H,56,61)(H2,57,58,79). The van der Waals surface area contributed by atoms with Crippen LogP contribution in [0.5, 0.6) is 28.7 Å². The molecule has 0 aromatic heterocycles. The molecule has 0 atom stereocenters. The molecule has 4 aromatic rings. The number of rotatable bonds is 40. The second-order valence-corrected chi connectivity index (χ2v) is 17.4. The molecule has 79 heavy (non-hydrogen) atoms. The number of fused-ring (bicyclic) bond motifs is 6. The molecular weight excluding hydrogens is 1050 g/mol. The average Bonchev–Trinajstić information content (AvgIpc) is 4.03. The minimum Gasteiger partial charge on any atom is -0.508 e. The maximum atomic E-state index is 13.4. The molecule has 23 nitrogen and oxygen atoms in total. The van der Waals surface area contributed by atoms with Crippen LogP contribution in [-0.2, 0) is 67.2 Å². The van der Waals surface area contributed by atoms with Gasteiger partial charge in [-0.15, -0.1) is 0 Å². The summed E-state index contributed by atoms with van der Waals surface area (Å²) in [6.07, 6.45) is -0.934. The number of hydrogen-bond donors (Lipinski definition) is 5. The summed E-state index contributed by atoms with van der Waals surface area (Å²) in [5, 5.41) is 29.4. The van der Waals surface area contributed by atoms with E-state index in [1.165, 1.54) is 48.5 Å². The Labute approximate surface area is 464 Å². The van der Waals surface area contributed by atoms with Crippen molar-refractivity contribution in [3.63, 3.8) is 0 Å². The van der Waals surface area contributed by atoms with Crippen molar-refractivity contribution < 1.29 is 95.6 Å². The van der Waals surface area contributed by atoms with Gasteiger partial charge in [0.1, 0.15) is 35.4 Å². The molecule has 6 rings (SSSR count). The predicted octanol–water partition coefficient (Wildman–Crippen LogP) is 5.10. The van der Waals surface area contributed by atoms with Gasteiger partial charge < -0.3 is 97.2 Å². The van der Waals surface area contributed by atoms with E-state index < -0.39 is 17.7 Å². The molecule has 0 unspecified atom stereocenters. The van der Waals surface area contributed by atoms with E-state index in [-0.39, 0.29) is 66.1 Å². The van der Waals surface area contributed by atoms with Gasteiger partial charge in [-0.3, -0.25) is 4.79 Å². The summed E-state index contributed by atoms with van der Waals surface area (Å²) in [6.45, 7) is 12.3. The molecule has 5 N–H and O–H groups in total. The zero-order valence-electron chi connectivity index (χ0n) is 44.3. The third kappa shape index (κ3) is 21.1. The molecule has 1 spiro atoms. The Balaban J connectivity index is 0.695. The van der Waals surface area contributed by atoms with E-state index in [0.717, 1.165) is 0 Å². The quantitative estimate of drug-likeness (QED) is 0.0168. The number of carbonyl (C=O) groups excluding carboxylic acids is 3. The van der Waals surface area contributed by atoms with Crippen molar-refractivity contribution in [3.8, 4) is 28.7 Å². The molecule has 0 radical (unpaired) electrons. The summed E-state index contributed by atoms with van der Waals surface area (Å²) in [5.74, 6) is -0.206. The van der Waals surface area contributed by atoms with Gasteiger partial charge in [0.05, 0.1) is 144 Å². The first-order valence-electron chi connectivity index (χ1n) is 26.0. The Kier molecular flexibility index (Phi) is 27.7. The van der Waals surface area contributed by atoms with Crippen LogP contribution in [0.4, 0.5) is 10.5 Å². The number of carbonyl (C=O) groups is 3. The van der Waals surface area contributed by atoms with Crippen molar-refractivity contribution in [1.82, 2.24) is 10.6 Å². The van der Waals surface area contributed by atoms with Gasteiger partial charge in [-0.25, -0.2) is 9.59 Å². The van der Waals surface area contributed by atoms with Gasteiger partial charge in [0.25, 0.3) is 5.91 Å². The molecule has 0 aliphatic carbocycles. The molecule has 0 saturated heterocycles. The first-order valence-corrected chi connectivity index (χ1v) is 26.4. The summed E-state index contributed by atoms with van der Waals surface area (Å²) in [6, 6.07) is 20.3. The van der Waals surface area contributed by atoms with Crippen LogP contribution in [0.2, 0.25) is 0 Å². The number of ether oxygens (including phenoxy) is 15. The van der Waals surface area contributed by atoms with Crippen LogP contribution < -0.4 is 25.4 Å². The number of thiocarbonyl (C=S) groups is 1. The molecule has 2 aliphatic rings. The maximum absolute atomic E-state index is 13.4. The number of hydrogen-bond acceptors (Lipinski definition) is 21. The second-order valence-electron chi connectivity index (χ2n) is 17.0. The Morgan fingerprint density at radius 3 is 1.43 bits per heavy atom.